The molecule has 2 unspecified atom stereocenters. The molecule has 25 heavy (non-hydrogen) atoms. The lowest BCUT2D eigenvalue weighted by molar-refractivity contribution is -0.0236. The Morgan fingerprint density at radius 1 is 1.20 bits per heavy atom. The Kier molecular flexibility index (Phi) is 6.75. The van der Waals surface area contributed by atoms with Gasteiger partial charge < -0.3 is 14.0 Å². The Morgan fingerprint density at radius 3 is 2.24 bits per heavy atom. The molecular formula is C20H36O3Si2. The highest BCUT2D eigenvalue weighted by Gasteiger charge is 2.54. The van der Waals surface area contributed by atoms with E-state index in [0.717, 1.165) is 11.1 Å². The van der Waals surface area contributed by atoms with E-state index in [2.05, 4.69) is 51.1 Å². The van der Waals surface area contributed by atoms with Crippen LogP contribution in [-0.4, -0.2) is 40.1 Å². The number of rotatable bonds is 5. The zero-order valence-corrected chi connectivity index (χ0v) is 19.7. The molecule has 3 nitrogen and oxygen atoms in total. The van der Waals surface area contributed by atoms with Crippen LogP contribution in [0.2, 0.25) is 39.3 Å². The molecule has 0 aromatic rings. The van der Waals surface area contributed by atoms with Crippen molar-refractivity contribution in [1.29, 1.82) is 0 Å². The molecule has 1 rings (SSSR count). The third kappa shape index (κ3) is 5.94. The molecule has 2 atom stereocenters. The van der Waals surface area contributed by atoms with Gasteiger partial charge in [0.2, 0.25) is 0 Å². The van der Waals surface area contributed by atoms with E-state index in [0.29, 0.717) is 6.61 Å². The van der Waals surface area contributed by atoms with Gasteiger partial charge in [-0.15, -0.1) is 0 Å². The van der Waals surface area contributed by atoms with E-state index in [1.807, 2.05) is 39.8 Å². The predicted octanol–water partition coefficient (Wildman–Crippen LogP) is 4.72. The van der Waals surface area contributed by atoms with Crippen LogP contribution in [0.4, 0.5) is 0 Å². The Labute approximate surface area is 156 Å². The van der Waals surface area contributed by atoms with Crippen LogP contribution in [0.15, 0.2) is 23.3 Å². The fourth-order valence-corrected chi connectivity index (χ4v) is 4.46. The molecule has 1 N–H and O–H groups in total. The largest absolute Gasteiger partial charge is 0.414 e. The van der Waals surface area contributed by atoms with Gasteiger partial charge in [-0.1, -0.05) is 31.8 Å². The van der Waals surface area contributed by atoms with Gasteiger partial charge in [-0.3, -0.25) is 0 Å². The number of hydrogen-bond acceptors (Lipinski definition) is 3. The van der Waals surface area contributed by atoms with E-state index >= 15 is 0 Å². The molecule has 142 valence electrons. The van der Waals surface area contributed by atoms with Crippen molar-refractivity contribution in [2.75, 3.05) is 6.61 Å². The summed E-state index contributed by atoms with van der Waals surface area (Å²) in [6.07, 6.45) is 3.92. The summed E-state index contributed by atoms with van der Waals surface area (Å²) >= 11 is 0. The molecule has 0 fully saturated rings. The molecule has 0 aliphatic heterocycles. The highest BCUT2D eigenvalue weighted by molar-refractivity contribution is 6.70. The van der Waals surface area contributed by atoms with Crippen molar-refractivity contribution in [2.24, 2.45) is 5.41 Å². The highest BCUT2D eigenvalue weighted by Crippen LogP contribution is 2.47. The Morgan fingerprint density at radius 2 is 1.76 bits per heavy atom. The van der Waals surface area contributed by atoms with Crippen LogP contribution in [0.5, 0.6) is 0 Å². The molecule has 0 spiro atoms. The summed E-state index contributed by atoms with van der Waals surface area (Å²) in [5, 5.41) is 11.3. The van der Waals surface area contributed by atoms with Crippen molar-refractivity contribution < 1.29 is 14.0 Å². The fourth-order valence-electron chi connectivity index (χ4n) is 2.75. The van der Waals surface area contributed by atoms with Crippen LogP contribution >= 0.6 is 0 Å². The van der Waals surface area contributed by atoms with Gasteiger partial charge in [0.05, 0.1) is 12.7 Å². The van der Waals surface area contributed by atoms with Crippen LogP contribution in [0.25, 0.3) is 0 Å². The predicted molar refractivity (Wildman–Crippen MR) is 112 cm³/mol. The summed E-state index contributed by atoms with van der Waals surface area (Å²) in [5.41, 5.74) is 0.134. The topological polar surface area (TPSA) is 38.7 Å². The molecule has 1 aliphatic carbocycles. The van der Waals surface area contributed by atoms with Crippen molar-refractivity contribution in [3.05, 3.63) is 23.3 Å². The Balaban J connectivity index is 2.98. The van der Waals surface area contributed by atoms with Gasteiger partial charge in [0, 0.05) is 5.41 Å². The maximum Gasteiger partial charge on any atom is 0.184 e. The van der Waals surface area contributed by atoms with Gasteiger partial charge in [-0.2, -0.15) is 0 Å². The standard InChI is InChI=1S/C20H36O3Si2/c1-16(12-14-22-24(5,6)7)11-13-20(21)17(2)15-18(19(20,3)4)23-25(8,9)10/h12,15,18,21H,14H2,1-10H3/b16-12+. The molecule has 0 saturated heterocycles. The van der Waals surface area contributed by atoms with Crippen molar-refractivity contribution in [1.82, 2.24) is 0 Å². The molecule has 5 heteroatoms. The molecule has 0 bridgehead atoms. The number of hydrogen-bond donors (Lipinski definition) is 1. The zero-order valence-electron chi connectivity index (χ0n) is 17.7. The zero-order chi connectivity index (χ0) is 19.7. The Bertz CT molecular complexity index is 610. The minimum absolute atomic E-state index is 0.113. The lowest BCUT2D eigenvalue weighted by atomic mass is 9.74. The number of aliphatic hydroxyl groups is 1. The SMILES string of the molecule is CC1=CC(O[Si](C)(C)C)C(C)(C)C1(O)C#C/C(C)=C/CO[Si](C)(C)C. The van der Waals surface area contributed by atoms with Crippen molar-refractivity contribution in [3.63, 3.8) is 0 Å². The highest BCUT2D eigenvalue weighted by atomic mass is 28.4. The Hall–Kier alpha value is -0.646. The first-order valence-corrected chi connectivity index (χ1v) is 15.8. The van der Waals surface area contributed by atoms with E-state index in [1.54, 1.807) is 0 Å². The lowest BCUT2D eigenvalue weighted by Crippen LogP contribution is -2.49. The second-order valence-corrected chi connectivity index (χ2v) is 18.5. The normalized spacial score (nSPS) is 26.9. The first kappa shape index (κ1) is 22.4. The maximum absolute atomic E-state index is 11.3. The van der Waals surface area contributed by atoms with Crippen LogP contribution in [-0.2, 0) is 8.85 Å². The molecule has 1 aliphatic rings. The summed E-state index contributed by atoms with van der Waals surface area (Å²) in [5.74, 6) is 6.25. The maximum atomic E-state index is 11.3. The van der Waals surface area contributed by atoms with E-state index < -0.39 is 27.7 Å². The molecule has 0 aromatic carbocycles. The van der Waals surface area contributed by atoms with Gasteiger partial charge in [-0.05, 0) is 70.4 Å². The van der Waals surface area contributed by atoms with Crippen molar-refractivity contribution >= 4 is 16.6 Å². The molecule has 0 saturated carbocycles. The molecular weight excluding hydrogens is 344 g/mol. The molecule has 0 radical (unpaired) electrons. The second-order valence-electron chi connectivity index (χ2n) is 9.49. The third-order valence-corrected chi connectivity index (χ3v) is 6.44. The first-order valence-electron chi connectivity index (χ1n) is 9.01. The molecule has 0 heterocycles. The number of allylic oxidation sites excluding steroid dienone is 1. The first-order chi connectivity index (χ1) is 11.1. The van der Waals surface area contributed by atoms with Gasteiger partial charge in [0.1, 0.15) is 0 Å². The second kappa shape index (κ2) is 7.54. The van der Waals surface area contributed by atoms with E-state index in [-0.39, 0.29) is 6.10 Å². The van der Waals surface area contributed by atoms with E-state index in [1.165, 1.54) is 0 Å². The minimum atomic E-state index is -1.71. The molecule has 0 amide bonds. The average Bonchev–Trinajstić information content (AvgIpc) is 2.55. The average molecular weight is 381 g/mol. The van der Waals surface area contributed by atoms with Gasteiger partial charge in [-0.25, -0.2) is 0 Å². The summed E-state index contributed by atoms with van der Waals surface area (Å²) < 4.78 is 12.1. The van der Waals surface area contributed by atoms with Crippen LogP contribution in [0, 0.1) is 17.3 Å². The summed E-state index contributed by atoms with van der Waals surface area (Å²) in [4.78, 5) is 0. The van der Waals surface area contributed by atoms with E-state index in [9.17, 15) is 5.11 Å². The van der Waals surface area contributed by atoms with Gasteiger partial charge >= 0.3 is 0 Å². The quantitative estimate of drug-likeness (QED) is 0.426. The van der Waals surface area contributed by atoms with Crippen LogP contribution in [0.3, 0.4) is 0 Å². The van der Waals surface area contributed by atoms with E-state index in [4.69, 9.17) is 8.85 Å². The van der Waals surface area contributed by atoms with Gasteiger partial charge in [0.15, 0.2) is 22.2 Å². The lowest BCUT2D eigenvalue weighted by Gasteiger charge is -2.40. The van der Waals surface area contributed by atoms with Crippen LogP contribution in [0.1, 0.15) is 27.7 Å². The summed E-state index contributed by atoms with van der Waals surface area (Å²) in [6, 6.07) is 0. The van der Waals surface area contributed by atoms with Crippen LogP contribution < -0.4 is 0 Å². The summed E-state index contributed by atoms with van der Waals surface area (Å²) in [7, 11) is -3.23. The summed E-state index contributed by atoms with van der Waals surface area (Å²) in [6.45, 7) is 21.5. The van der Waals surface area contributed by atoms with Gasteiger partial charge in [0.25, 0.3) is 0 Å². The monoisotopic (exact) mass is 380 g/mol. The minimum Gasteiger partial charge on any atom is -0.414 e. The van der Waals surface area contributed by atoms with Crippen molar-refractivity contribution in [3.8, 4) is 11.8 Å². The van der Waals surface area contributed by atoms with Crippen molar-refractivity contribution in [2.45, 2.75) is 78.7 Å². The fraction of sp³-hybridized carbons (Fsp3) is 0.700. The smallest absolute Gasteiger partial charge is 0.184 e. The third-order valence-electron chi connectivity index (χ3n) is 4.44. The molecule has 0 aromatic heterocycles.